The first kappa shape index (κ1) is 8.28. The van der Waals surface area contributed by atoms with Gasteiger partial charge in [-0.15, -0.1) is 0 Å². The minimum absolute atomic E-state index is 0.297. The highest BCUT2D eigenvalue weighted by atomic mass is 16.3. The second-order valence-corrected chi connectivity index (χ2v) is 2.64. The van der Waals surface area contributed by atoms with Gasteiger partial charge in [-0.25, -0.2) is 0 Å². The van der Waals surface area contributed by atoms with E-state index in [0.29, 0.717) is 0 Å². The zero-order chi connectivity index (χ0) is 8.10. The number of hydrogen-bond acceptors (Lipinski definition) is 1. The predicted octanol–water partition coefficient (Wildman–Crippen LogP) is 2.32. The molecule has 1 aromatic carbocycles. The lowest BCUT2D eigenvalue weighted by Crippen LogP contribution is -1.95. The molecule has 1 aromatic rings. The minimum Gasteiger partial charge on any atom is -0.388 e. The summed E-state index contributed by atoms with van der Waals surface area (Å²) in [6.07, 6.45) is 1.55. The third kappa shape index (κ3) is 2.35. The van der Waals surface area contributed by atoms with Crippen LogP contribution >= 0.6 is 0 Å². The third-order valence-electron chi connectivity index (χ3n) is 1.69. The van der Waals surface area contributed by atoms with Crippen LogP contribution in [0.2, 0.25) is 0 Å². The molecule has 1 heteroatoms. The van der Waals surface area contributed by atoms with Crippen molar-refractivity contribution in [2.24, 2.45) is 0 Å². The first-order valence-electron chi connectivity index (χ1n) is 3.98. The quantitative estimate of drug-likeness (QED) is 0.699. The van der Waals surface area contributed by atoms with E-state index in [1.54, 1.807) is 0 Å². The Morgan fingerprint density at radius 1 is 1.45 bits per heavy atom. The van der Waals surface area contributed by atoms with Gasteiger partial charge in [0.1, 0.15) is 0 Å². The van der Waals surface area contributed by atoms with Gasteiger partial charge in [0.2, 0.25) is 0 Å². The molecular weight excluding hydrogens is 136 g/mol. The Kier molecular flexibility index (Phi) is 3.12. The van der Waals surface area contributed by atoms with Crippen molar-refractivity contribution in [1.82, 2.24) is 0 Å². The van der Waals surface area contributed by atoms with Gasteiger partial charge in [-0.05, 0) is 18.1 Å². The lowest BCUT2D eigenvalue weighted by Gasteiger charge is -2.07. The van der Waals surface area contributed by atoms with Gasteiger partial charge in [0, 0.05) is 0 Å². The lowest BCUT2D eigenvalue weighted by atomic mass is 10.1. The summed E-state index contributed by atoms with van der Waals surface area (Å²) in [5.74, 6) is 0. The zero-order valence-electron chi connectivity index (χ0n) is 6.75. The summed E-state index contributed by atoms with van der Waals surface area (Å²) in [5, 5.41) is 9.51. The van der Waals surface area contributed by atoms with Gasteiger partial charge in [0.05, 0.1) is 6.10 Å². The summed E-state index contributed by atoms with van der Waals surface area (Å²) in [7, 11) is 0. The largest absolute Gasteiger partial charge is 0.388 e. The standard InChI is InChI=1S/C10H13O/c1-2-6-10(11)9-7-4-3-5-8-9/h4-5,7-8,10-11H,2,6H2,1H3. The highest BCUT2D eigenvalue weighted by Crippen LogP contribution is 2.16. The molecule has 11 heavy (non-hydrogen) atoms. The molecule has 59 valence electrons. The highest BCUT2D eigenvalue weighted by molar-refractivity contribution is 5.16. The van der Waals surface area contributed by atoms with Crippen molar-refractivity contribution in [3.05, 3.63) is 35.9 Å². The molecule has 0 fully saturated rings. The Balaban J connectivity index is 2.61. The number of rotatable bonds is 3. The molecule has 0 bridgehead atoms. The van der Waals surface area contributed by atoms with E-state index in [4.69, 9.17) is 0 Å². The Morgan fingerprint density at radius 2 is 2.09 bits per heavy atom. The number of aliphatic hydroxyl groups excluding tert-OH is 1. The van der Waals surface area contributed by atoms with Crippen LogP contribution in [0.5, 0.6) is 0 Å². The van der Waals surface area contributed by atoms with Crippen LogP contribution in [0.25, 0.3) is 0 Å². The van der Waals surface area contributed by atoms with Crippen LogP contribution in [0.1, 0.15) is 31.4 Å². The maximum atomic E-state index is 9.51. The molecule has 0 saturated carbocycles. The van der Waals surface area contributed by atoms with E-state index >= 15 is 0 Å². The van der Waals surface area contributed by atoms with E-state index in [-0.39, 0.29) is 6.10 Å². The fourth-order valence-electron chi connectivity index (χ4n) is 1.06. The van der Waals surface area contributed by atoms with Gasteiger partial charge in [-0.1, -0.05) is 37.6 Å². The van der Waals surface area contributed by atoms with Gasteiger partial charge in [0.25, 0.3) is 0 Å². The van der Waals surface area contributed by atoms with Crippen molar-refractivity contribution in [3.8, 4) is 0 Å². The molecule has 0 heterocycles. The molecule has 1 nitrogen and oxygen atoms in total. The molecule has 0 amide bonds. The topological polar surface area (TPSA) is 20.2 Å². The third-order valence-corrected chi connectivity index (χ3v) is 1.69. The molecule has 1 N–H and O–H groups in total. The number of benzene rings is 1. The number of hydrogen-bond donors (Lipinski definition) is 1. The molecule has 0 aromatic heterocycles. The van der Waals surface area contributed by atoms with Gasteiger partial charge < -0.3 is 5.11 Å². The molecule has 0 aliphatic heterocycles. The summed E-state index contributed by atoms with van der Waals surface area (Å²) in [4.78, 5) is 0. The molecule has 1 atom stereocenters. The van der Waals surface area contributed by atoms with Crippen molar-refractivity contribution < 1.29 is 5.11 Å². The van der Waals surface area contributed by atoms with Crippen LogP contribution in [0.3, 0.4) is 0 Å². The zero-order valence-corrected chi connectivity index (χ0v) is 6.75. The van der Waals surface area contributed by atoms with Crippen molar-refractivity contribution in [1.29, 1.82) is 0 Å². The van der Waals surface area contributed by atoms with Crippen LogP contribution in [0, 0.1) is 6.07 Å². The first-order valence-corrected chi connectivity index (χ1v) is 3.98. The van der Waals surface area contributed by atoms with E-state index in [0.717, 1.165) is 18.4 Å². The van der Waals surface area contributed by atoms with Crippen LogP contribution in [0.15, 0.2) is 24.3 Å². The SMILES string of the molecule is CCCC(O)c1cc[c]cc1. The van der Waals surface area contributed by atoms with E-state index in [2.05, 4.69) is 13.0 Å². The molecule has 1 rings (SSSR count). The second-order valence-electron chi connectivity index (χ2n) is 2.64. The average molecular weight is 149 g/mol. The van der Waals surface area contributed by atoms with Crippen molar-refractivity contribution >= 4 is 0 Å². The Labute approximate surface area is 67.7 Å². The predicted molar refractivity (Wildman–Crippen MR) is 45.1 cm³/mol. The van der Waals surface area contributed by atoms with Crippen molar-refractivity contribution in [2.75, 3.05) is 0 Å². The lowest BCUT2D eigenvalue weighted by molar-refractivity contribution is 0.166. The molecule has 1 radical (unpaired) electrons. The van der Waals surface area contributed by atoms with E-state index in [9.17, 15) is 5.11 Å². The van der Waals surface area contributed by atoms with Crippen molar-refractivity contribution in [3.63, 3.8) is 0 Å². The smallest absolute Gasteiger partial charge is 0.0790 e. The highest BCUT2D eigenvalue weighted by Gasteiger charge is 2.03. The maximum absolute atomic E-state index is 9.51. The second kappa shape index (κ2) is 4.14. The monoisotopic (exact) mass is 149 g/mol. The molecule has 0 saturated heterocycles. The summed E-state index contributed by atoms with van der Waals surface area (Å²) < 4.78 is 0. The van der Waals surface area contributed by atoms with Crippen molar-refractivity contribution in [2.45, 2.75) is 25.9 Å². The van der Waals surface area contributed by atoms with Crippen LogP contribution in [-0.4, -0.2) is 5.11 Å². The van der Waals surface area contributed by atoms with Crippen LogP contribution in [-0.2, 0) is 0 Å². The summed E-state index contributed by atoms with van der Waals surface area (Å²) in [6.45, 7) is 2.07. The molecule has 0 aliphatic rings. The average Bonchev–Trinajstić information content (AvgIpc) is 2.07. The summed E-state index contributed by atoms with van der Waals surface area (Å²) >= 11 is 0. The number of aliphatic hydroxyl groups is 1. The summed E-state index contributed by atoms with van der Waals surface area (Å²) in [6, 6.07) is 10.4. The van der Waals surface area contributed by atoms with Crippen LogP contribution < -0.4 is 0 Å². The normalized spacial score (nSPS) is 12.9. The van der Waals surface area contributed by atoms with Gasteiger partial charge in [-0.2, -0.15) is 0 Å². The van der Waals surface area contributed by atoms with Gasteiger partial charge >= 0.3 is 0 Å². The molecule has 1 unspecified atom stereocenters. The Bertz CT molecular complexity index is 193. The minimum atomic E-state index is -0.297. The summed E-state index contributed by atoms with van der Waals surface area (Å²) in [5.41, 5.74) is 0.991. The maximum Gasteiger partial charge on any atom is 0.0790 e. The Morgan fingerprint density at radius 3 is 2.64 bits per heavy atom. The fraction of sp³-hybridized carbons (Fsp3) is 0.400. The molecular formula is C10H13O. The van der Waals surface area contributed by atoms with Gasteiger partial charge in [-0.3, -0.25) is 0 Å². The molecule has 0 aliphatic carbocycles. The van der Waals surface area contributed by atoms with E-state index in [1.165, 1.54) is 0 Å². The molecule has 0 spiro atoms. The Hall–Kier alpha value is -0.820. The first-order chi connectivity index (χ1) is 5.34. The van der Waals surface area contributed by atoms with Gasteiger partial charge in [0.15, 0.2) is 0 Å². The fourth-order valence-corrected chi connectivity index (χ4v) is 1.06. The van der Waals surface area contributed by atoms with E-state index < -0.39 is 0 Å². The van der Waals surface area contributed by atoms with Crippen LogP contribution in [0.4, 0.5) is 0 Å². The van der Waals surface area contributed by atoms with E-state index in [1.807, 2.05) is 24.3 Å².